The van der Waals surface area contributed by atoms with Crippen LogP contribution in [0.4, 0.5) is 8.78 Å². The van der Waals surface area contributed by atoms with Crippen LogP contribution in [0.15, 0.2) is 118 Å². The van der Waals surface area contributed by atoms with E-state index in [1.165, 1.54) is 24.3 Å². The Bertz CT molecular complexity index is 1410. The van der Waals surface area contributed by atoms with Crippen LogP contribution in [0.5, 0.6) is 5.75 Å². The lowest BCUT2D eigenvalue weighted by Gasteiger charge is -2.19. The van der Waals surface area contributed by atoms with Crippen molar-refractivity contribution in [2.45, 2.75) is 34.1 Å². The molecule has 0 spiro atoms. The highest BCUT2D eigenvalue weighted by atomic mass is 32.2. The monoisotopic (exact) mass is 515 g/mol. The Morgan fingerprint density at radius 1 is 0.784 bits per heavy atom. The van der Waals surface area contributed by atoms with E-state index in [0.29, 0.717) is 11.3 Å². The maximum absolute atomic E-state index is 13.5. The van der Waals surface area contributed by atoms with Crippen LogP contribution in [-0.2, 0) is 20.4 Å². The van der Waals surface area contributed by atoms with Crippen molar-refractivity contribution in [2.75, 3.05) is 6.61 Å². The smallest absolute Gasteiger partial charge is 0.345 e. The Morgan fingerprint density at radius 2 is 1.41 bits per heavy atom. The zero-order valence-corrected chi connectivity index (χ0v) is 21.2. The van der Waals surface area contributed by atoms with Gasteiger partial charge in [-0.2, -0.15) is 0 Å². The van der Waals surface area contributed by atoms with Gasteiger partial charge in [0, 0.05) is 5.56 Å². The molecule has 0 amide bonds. The Hall–Kier alpha value is -4.08. The van der Waals surface area contributed by atoms with Crippen molar-refractivity contribution in [3.05, 3.63) is 120 Å². The van der Waals surface area contributed by atoms with E-state index in [1.54, 1.807) is 50.2 Å². The number of halogens is 2. The molecule has 0 aliphatic carbocycles. The molecule has 0 aliphatic heterocycles. The SMILES string of the molecule is CC(C)(C#Cc1cccc(F)c1)OC(=O)COc1ccc([S+](c2ccccc2)c2ccc(F)cc2)cc1. The van der Waals surface area contributed by atoms with E-state index in [2.05, 4.69) is 11.8 Å². The van der Waals surface area contributed by atoms with Gasteiger partial charge in [0.15, 0.2) is 26.9 Å². The summed E-state index contributed by atoms with van der Waals surface area (Å²) < 4.78 is 37.9. The molecule has 37 heavy (non-hydrogen) atoms. The third kappa shape index (κ3) is 7.45. The van der Waals surface area contributed by atoms with Gasteiger partial charge in [0.2, 0.25) is 0 Å². The van der Waals surface area contributed by atoms with E-state index >= 15 is 0 Å². The third-order valence-electron chi connectivity index (χ3n) is 5.15. The van der Waals surface area contributed by atoms with E-state index in [4.69, 9.17) is 9.47 Å². The second-order valence-electron chi connectivity index (χ2n) is 8.58. The molecule has 1 atom stereocenters. The molecule has 3 nitrogen and oxygen atoms in total. The van der Waals surface area contributed by atoms with Gasteiger partial charge in [-0.15, -0.1) is 0 Å². The molecule has 0 bridgehead atoms. The van der Waals surface area contributed by atoms with Crippen LogP contribution >= 0.6 is 0 Å². The van der Waals surface area contributed by atoms with Gasteiger partial charge in [0.1, 0.15) is 17.4 Å². The number of carbonyl (C=O) groups is 1. The molecular formula is C31H25F2O3S+. The molecule has 0 saturated heterocycles. The lowest BCUT2D eigenvalue weighted by molar-refractivity contribution is -0.154. The zero-order chi connectivity index (χ0) is 26.3. The molecular weight excluding hydrogens is 490 g/mol. The third-order valence-corrected chi connectivity index (χ3v) is 7.38. The number of hydrogen-bond donors (Lipinski definition) is 0. The minimum Gasteiger partial charge on any atom is -0.482 e. The van der Waals surface area contributed by atoms with Crippen molar-refractivity contribution >= 4 is 16.9 Å². The Kier molecular flexibility index (Phi) is 8.27. The first kappa shape index (κ1) is 26.0. The van der Waals surface area contributed by atoms with Gasteiger partial charge < -0.3 is 9.47 Å². The van der Waals surface area contributed by atoms with Crippen molar-refractivity contribution in [2.24, 2.45) is 0 Å². The molecule has 0 aromatic heterocycles. The molecule has 0 N–H and O–H groups in total. The number of rotatable bonds is 7. The van der Waals surface area contributed by atoms with E-state index in [0.717, 1.165) is 14.7 Å². The molecule has 4 rings (SSSR count). The largest absolute Gasteiger partial charge is 0.482 e. The first-order chi connectivity index (χ1) is 17.8. The summed E-state index contributed by atoms with van der Waals surface area (Å²) in [6.45, 7) is 3.03. The van der Waals surface area contributed by atoms with Gasteiger partial charge in [0.25, 0.3) is 0 Å². The normalized spacial score (nSPS) is 11.7. The van der Waals surface area contributed by atoms with Gasteiger partial charge in [0.05, 0.1) is 10.9 Å². The van der Waals surface area contributed by atoms with Crippen LogP contribution in [-0.4, -0.2) is 18.2 Å². The Balaban J connectivity index is 1.41. The zero-order valence-electron chi connectivity index (χ0n) is 20.4. The number of esters is 1. The fourth-order valence-electron chi connectivity index (χ4n) is 3.48. The van der Waals surface area contributed by atoms with Gasteiger partial charge >= 0.3 is 5.97 Å². The summed E-state index contributed by atoms with van der Waals surface area (Å²) in [5.74, 6) is 4.96. The fourth-order valence-corrected chi connectivity index (χ4v) is 5.54. The van der Waals surface area contributed by atoms with E-state index in [1.807, 2.05) is 42.5 Å². The van der Waals surface area contributed by atoms with Crippen LogP contribution in [0, 0.1) is 23.5 Å². The molecule has 1 unspecified atom stereocenters. The standard InChI is InChI=1S/C31H25F2O3S/c1-31(2,20-19-23-7-6-8-25(33)21-23)36-30(34)22-35-26-13-17-29(18-14-26)37(27-9-4-3-5-10-27)28-15-11-24(32)12-16-28/h3-18,21H,22H2,1-2H3/q+1. The summed E-state index contributed by atoms with van der Waals surface area (Å²) in [5.41, 5.74) is -0.578. The quantitative estimate of drug-likeness (QED) is 0.154. The summed E-state index contributed by atoms with van der Waals surface area (Å²) in [4.78, 5) is 15.5. The van der Waals surface area contributed by atoms with Crippen LogP contribution in [0.1, 0.15) is 19.4 Å². The fraction of sp³-hybridized carbons (Fsp3) is 0.129. The van der Waals surface area contributed by atoms with Crippen LogP contribution in [0.2, 0.25) is 0 Å². The molecule has 0 saturated carbocycles. The van der Waals surface area contributed by atoms with E-state index in [-0.39, 0.29) is 18.2 Å². The maximum Gasteiger partial charge on any atom is 0.345 e. The molecule has 0 radical (unpaired) electrons. The predicted molar refractivity (Wildman–Crippen MR) is 140 cm³/mol. The molecule has 0 aliphatic rings. The van der Waals surface area contributed by atoms with Crippen molar-refractivity contribution in [3.8, 4) is 17.6 Å². The van der Waals surface area contributed by atoms with Crippen molar-refractivity contribution in [3.63, 3.8) is 0 Å². The topological polar surface area (TPSA) is 35.5 Å². The minimum absolute atomic E-state index is 0.279. The summed E-state index contributed by atoms with van der Waals surface area (Å²) in [6.07, 6.45) is 0. The van der Waals surface area contributed by atoms with Gasteiger partial charge in [-0.1, -0.05) is 36.1 Å². The lowest BCUT2D eigenvalue weighted by Crippen LogP contribution is -2.29. The summed E-state index contributed by atoms with van der Waals surface area (Å²) in [6, 6.07) is 29.9. The Morgan fingerprint density at radius 3 is 2.05 bits per heavy atom. The number of hydrogen-bond acceptors (Lipinski definition) is 3. The predicted octanol–water partition coefficient (Wildman–Crippen LogP) is 6.81. The molecule has 0 heterocycles. The van der Waals surface area contributed by atoms with Crippen LogP contribution < -0.4 is 4.74 Å². The van der Waals surface area contributed by atoms with Gasteiger partial charge in [-0.25, -0.2) is 13.6 Å². The number of carbonyl (C=O) groups excluding carboxylic acids is 1. The molecule has 0 fully saturated rings. The lowest BCUT2D eigenvalue weighted by atomic mass is 10.1. The first-order valence-electron chi connectivity index (χ1n) is 11.6. The molecule has 4 aromatic carbocycles. The van der Waals surface area contributed by atoms with E-state index in [9.17, 15) is 13.6 Å². The van der Waals surface area contributed by atoms with Crippen molar-refractivity contribution in [1.29, 1.82) is 0 Å². The second kappa shape index (κ2) is 11.8. The number of ether oxygens (including phenoxy) is 2. The summed E-state index contributed by atoms with van der Waals surface area (Å²) >= 11 is 0. The van der Waals surface area contributed by atoms with Crippen molar-refractivity contribution in [1.82, 2.24) is 0 Å². The average molecular weight is 516 g/mol. The maximum atomic E-state index is 13.5. The van der Waals surface area contributed by atoms with Crippen LogP contribution in [0.3, 0.4) is 0 Å². The van der Waals surface area contributed by atoms with Gasteiger partial charge in [-0.05, 0) is 92.7 Å². The average Bonchev–Trinajstić information content (AvgIpc) is 2.89. The molecule has 186 valence electrons. The highest BCUT2D eigenvalue weighted by Gasteiger charge is 2.28. The van der Waals surface area contributed by atoms with Gasteiger partial charge in [-0.3, -0.25) is 0 Å². The first-order valence-corrected chi connectivity index (χ1v) is 12.8. The van der Waals surface area contributed by atoms with Crippen molar-refractivity contribution < 1.29 is 23.0 Å². The van der Waals surface area contributed by atoms with Crippen LogP contribution in [0.25, 0.3) is 0 Å². The van der Waals surface area contributed by atoms with E-state index < -0.39 is 22.5 Å². The molecule has 4 aromatic rings. The molecule has 6 heteroatoms. The minimum atomic E-state index is -1.07. The summed E-state index contributed by atoms with van der Waals surface area (Å²) in [7, 11) is -0.430. The highest BCUT2D eigenvalue weighted by molar-refractivity contribution is 7.97. The highest BCUT2D eigenvalue weighted by Crippen LogP contribution is 2.32. The second-order valence-corrected chi connectivity index (χ2v) is 10.6. The Labute approximate surface area is 218 Å². The number of benzene rings is 4. The summed E-state index contributed by atoms with van der Waals surface area (Å²) in [5, 5.41) is 0.